The van der Waals surface area contributed by atoms with Gasteiger partial charge in [0.2, 0.25) is 0 Å². The van der Waals surface area contributed by atoms with E-state index < -0.39 is 97.5 Å². The SMILES string of the molecule is CC(C)CCCCCCCCCCCCCCCCCCCCC(=O)OC[C@H](COP(=O)(O)OC[C@@H](O)COP(=O)(O)OC[C@@H](COC(=O)CCCCCCCCC(C)C)OC(=O)CCCCCCCCCCCC(C)C)OC(=O)CCCCCCCCCCCCCC(C)C. The van der Waals surface area contributed by atoms with Crippen LogP contribution in [0.5, 0.6) is 0 Å². The van der Waals surface area contributed by atoms with Crippen molar-refractivity contribution in [2.24, 2.45) is 23.7 Å². The van der Waals surface area contributed by atoms with Crippen LogP contribution in [0.15, 0.2) is 0 Å². The van der Waals surface area contributed by atoms with Crippen LogP contribution < -0.4 is 0 Å². The number of carbonyl (C=O) groups is 4. The molecule has 0 spiro atoms. The Morgan fingerprint density at radius 2 is 0.438 bits per heavy atom. The summed E-state index contributed by atoms with van der Waals surface area (Å²) in [6, 6.07) is 0. The zero-order chi connectivity index (χ0) is 71.0. The predicted molar refractivity (Wildman–Crippen MR) is 391 cm³/mol. The third-order valence-electron chi connectivity index (χ3n) is 17.8. The minimum Gasteiger partial charge on any atom is -0.462 e. The maximum atomic E-state index is 13.1. The molecule has 0 saturated carbocycles. The van der Waals surface area contributed by atoms with Gasteiger partial charge in [0.25, 0.3) is 0 Å². The van der Waals surface area contributed by atoms with Crippen molar-refractivity contribution in [1.29, 1.82) is 0 Å². The molecule has 3 N–H and O–H groups in total. The lowest BCUT2D eigenvalue weighted by atomic mass is 10.0. The van der Waals surface area contributed by atoms with Crippen LogP contribution in [0.3, 0.4) is 0 Å². The molecule has 17 nitrogen and oxygen atoms in total. The lowest BCUT2D eigenvalue weighted by Gasteiger charge is -2.21. The molecule has 0 bridgehead atoms. The van der Waals surface area contributed by atoms with E-state index in [1.165, 1.54) is 186 Å². The van der Waals surface area contributed by atoms with E-state index in [1.54, 1.807) is 0 Å². The summed E-state index contributed by atoms with van der Waals surface area (Å²) in [6.45, 7) is 14.1. The van der Waals surface area contributed by atoms with Crippen LogP contribution in [0.25, 0.3) is 0 Å². The van der Waals surface area contributed by atoms with Crippen LogP contribution in [0.4, 0.5) is 0 Å². The molecule has 0 heterocycles. The number of hydrogen-bond donors (Lipinski definition) is 3. The zero-order valence-corrected chi connectivity index (χ0v) is 64.8. The van der Waals surface area contributed by atoms with Crippen molar-refractivity contribution in [3.05, 3.63) is 0 Å². The Morgan fingerprint density at radius 3 is 0.646 bits per heavy atom. The molecule has 0 aromatic heterocycles. The molecule has 570 valence electrons. The minimum atomic E-state index is -4.96. The van der Waals surface area contributed by atoms with Crippen molar-refractivity contribution >= 4 is 39.5 Å². The van der Waals surface area contributed by atoms with Crippen molar-refractivity contribution in [1.82, 2.24) is 0 Å². The number of hydrogen-bond acceptors (Lipinski definition) is 15. The summed E-state index contributed by atoms with van der Waals surface area (Å²) in [4.78, 5) is 72.8. The number of aliphatic hydroxyl groups excluding tert-OH is 1. The molecule has 5 atom stereocenters. The van der Waals surface area contributed by atoms with Crippen LogP contribution >= 0.6 is 15.6 Å². The van der Waals surface area contributed by atoms with Crippen molar-refractivity contribution < 1.29 is 80.2 Å². The number of aliphatic hydroxyl groups is 1. The Balaban J connectivity index is 5.18. The van der Waals surface area contributed by atoms with Gasteiger partial charge in [-0.2, -0.15) is 0 Å². The molecule has 0 aliphatic rings. The third-order valence-corrected chi connectivity index (χ3v) is 19.7. The molecule has 0 aliphatic carbocycles. The van der Waals surface area contributed by atoms with E-state index in [2.05, 4.69) is 55.4 Å². The largest absolute Gasteiger partial charge is 0.472 e. The van der Waals surface area contributed by atoms with Gasteiger partial charge in [-0.25, -0.2) is 9.13 Å². The highest BCUT2D eigenvalue weighted by Crippen LogP contribution is 2.45. The summed E-state index contributed by atoms with van der Waals surface area (Å²) in [6.07, 6.45) is 51.7. The molecule has 0 aliphatic heterocycles. The highest BCUT2D eigenvalue weighted by atomic mass is 31.2. The first kappa shape index (κ1) is 94.1. The fourth-order valence-electron chi connectivity index (χ4n) is 11.7. The number of esters is 4. The summed E-state index contributed by atoms with van der Waals surface area (Å²) in [5.41, 5.74) is 0. The van der Waals surface area contributed by atoms with Crippen LogP contribution in [0.2, 0.25) is 0 Å². The number of phosphoric acid groups is 2. The first-order chi connectivity index (χ1) is 46.1. The Morgan fingerprint density at radius 1 is 0.260 bits per heavy atom. The number of carbonyl (C=O) groups excluding carboxylic acids is 4. The van der Waals surface area contributed by atoms with Gasteiger partial charge in [-0.05, 0) is 49.4 Å². The van der Waals surface area contributed by atoms with Crippen LogP contribution in [0.1, 0.15) is 389 Å². The average Bonchev–Trinajstić information content (AvgIpc) is 2.86. The number of rotatable bonds is 74. The van der Waals surface area contributed by atoms with Crippen LogP contribution in [0, 0.1) is 23.7 Å². The van der Waals surface area contributed by atoms with Gasteiger partial charge in [0.15, 0.2) is 12.2 Å². The number of unbranched alkanes of at least 4 members (excludes halogenated alkanes) is 40. The monoisotopic (exact) mass is 1410 g/mol. The molecule has 0 aromatic rings. The summed E-state index contributed by atoms with van der Waals surface area (Å²) in [5.74, 6) is 0.881. The van der Waals surface area contributed by atoms with E-state index >= 15 is 0 Å². The van der Waals surface area contributed by atoms with Crippen LogP contribution in [-0.2, 0) is 65.4 Å². The van der Waals surface area contributed by atoms with E-state index in [4.69, 9.17) is 37.0 Å². The van der Waals surface area contributed by atoms with Crippen molar-refractivity contribution in [3.8, 4) is 0 Å². The second kappa shape index (κ2) is 66.3. The fraction of sp³-hybridized carbons (Fsp3) is 0.948. The quantitative estimate of drug-likeness (QED) is 0.0222. The molecule has 0 rings (SSSR count). The topological polar surface area (TPSA) is 237 Å². The van der Waals surface area contributed by atoms with Crippen molar-refractivity contribution in [2.45, 2.75) is 408 Å². The smallest absolute Gasteiger partial charge is 0.462 e. The van der Waals surface area contributed by atoms with Gasteiger partial charge >= 0.3 is 39.5 Å². The van der Waals surface area contributed by atoms with E-state index in [9.17, 15) is 43.2 Å². The molecule has 0 aromatic carbocycles. The van der Waals surface area contributed by atoms with Gasteiger partial charge in [0.05, 0.1) is 26.4 Å². The van der Waals surface area contributed by atoms with Gasteiger partial charge < -0.3 is 33.8 Å². The molecule has 96 heavy (non-hydrogen) atoms. The van der Waals surface area contributed by atoms with Crippen molar-refractivity contribution in [3.63, 3.8) is 0 Å². The Bertz CT molecular complexity index is 1880. The fourth-order valence-corrected chi connectivity index (χ4v) is 13.3. The van der Waals surface area contributed by atoms with Gasteiger partial charge in [-0.15, -0.1) is 0 Å². The zero-order valence-electron chi connectivity index (χ0n) is 63.0. The summed E-state index contributed by atoms with van der Waals surface area (Å²) in [5, 5.41) is 10.6. The highest BCUT2D eigenvalue weighted by molar-refractivity contribution is 7.47. The van der Waals surface area contributed by atoms with E-state index in [0.717, 1.165) is 114 Å². The Hall–Kier alpha value is -1.94. The molecule has 0 fully saturated rings. The van der Waals surface area contributed by atoms with E-state index in [0.29, 0.717) is 31.6 Å². The molecule has 0 radical (unpaired) electrons. The normalized spacial score (nSPS) is 14.1. The van der Waals surface area contributed by atoms with Crippen LogP contribution in [-0.4, -0.2) is 96.7 Å². The highest BCUT2D eigenvalue weighted by Gasteiger charge is 2.30. The molecule has 2 unspecified atom stereocenters. The Kier molecular flexibility index (Phi) is 65.0. The van der Waals surface area contributed by atoms with E-state index in [1.807, 2.05) is 0 Å². The minimum absolute atomic E-state index is 0.104. The van der Waals surface area contributed by atoms with Gasteiger partial charge in [0, 0.05) is 25.7 Å². The van der Waals surface area contributed by atoms with Gasteiger partial charge in [-0.3, -0.25) is 37.3 Å². The maximum Gasteiger partial charge on any atom is 0.472 e. The molecular formula is C77H150O17P2. The van der Waals surface area contributed by atoms with E-state index in [-0.39, 0.29) is 25.7 Å². The second-order valence-electron chi connectivity index (χ2n) is 29.7. The Labute approximate surface area is 588 Å². The summed E-state index contributed by atoms with van der Waals surface area (Å²) in [7, 11) is -9.91. The first-order valence-corrected chi connectivity index (χ1v) is 42.7. The lowest BCUT2D eigenvalue weighted by molar-refractivity contribution is -0.161. The summed E-state index contributed by atoms with van der Waals surface area (Å²) >= 11 is 0. The third kappa shape index (κ3) is 70.5. The first-order valence-electron chi connectivity index (χ1n) is 39.7. The molecule has 0 amide bonds. The standard InChI is InChI=1S/C77H150O17P2/c1-67(2)53-45-37-29-23-18-15-13-11-9-10-12-14-16-20-26-32-41-49-57-74(79)87-63-72(93-76(81)59-51-43-33-27-21-17-19-24-30-38-46-54-68(3)4)65-91-95(83,84)89-61-71(78)62-90-96(85,86)92-66-73(64-88-75(80)58-50-42-36-35-40-48-56-70(7)8)94-77(82)60-52-44-34-28-22-25-31-39-47-55-69(5)6/h67-73,78H,9-66H2,1-8H3,(H,83,84)(H,85,86)/t71-,72-,73-/m1/s1. The molecule has 0 saturated heterocycles. The van der Waals surface area contributed by atoms with Gasteiger partial charge in [0.1, 0.15) is 19.3 Å². The maximum absolute atomic E-state index is 13.1. The lowest BCUT2D eigenvalue weighted by Crippen LogP contribution is -2.30. The van der Waals surface area contributed by atoms with Gasteiger partial charge in [-0.1, -0.05) is 338 Å². The second-order valence-corrected chi connectivity index (χ2v) is 32.6. The molecular weight excluding hydrogens is 1260 g/mol. The average molecular weight is 1410 g/mol. The number of ether oxygens (including phenoxy) is 4. The predicted octanol–water partition coefficient (Wildman–Crippen LogP) is 22.4. The summed E-state index contributed by atoms with van der Waals surface area (Å²) < 4.78 is 68.5. The number of phosphoric ester groups is 2. The van der Waals surface area contributed by atoms with Crippen molar-refractivity contribution in [2.75, 3.05) is 39.6 Å². The molecule has 19 heteroatoms.